The molecule has 0 aliphatic heterocycles. The van der Waals surface area contributed by atoms with Crippen LogP contribution in [0.4, 0.5) is 5.69 Å². The van der Waals surface area contributed by atoms with Gasteiger partial charge >= 0.3 is 10.0 Å². The minimum atomic E-state index is -4.02. The number of anilines is 1. The Kier molecular flexibility index (Phi) is 2.82. The second kappa shape index (κ2) is 3.72. The average molecular weight is 214 g/mol. The first-order valence-corrected chi connectivity index (χ1v) is 5.06. The van der Waals surface area contributed by atoms with E-state index in [-0.39, 0.29) is 10.6 Å². The van der Waals surface area contributed by atoms with Crippen molar-refractivity contribution < 1.29 is 8.42 Å². The zero-order valence-electron chi connectivity index (χ0n) is 7.34. The van der Waals surface area contributed by atoms with Crippen molar-refractivity contribution in [3.8, 4) is 0 Å². The smallest absolute Gasteiger partial charge is 0.301 e. The highest BCUT2D eigenvalue weighted by Crippen LogP contribution is 2.24. The zero-order valence-corrected chi connectivity index (χ0v) is 8.15. The lowest BCUT2D eigenvalue weighted by Crippen LogP contribution is -2.10. The van der Waals surface area contributed by atoms with Gasteiger partial charge in [0.15, 0.2) is 0 Å². The highest BCUT2D eigenvalue weighted by molar-refractivity contribution is 7.90. The van der Waals surface area contributed by atoms with Crippen LogP contribution in [0, 0.1) is 10.7 Å². The van der Waals surface area contributed by atoms with Crippen LogP contribution in [-0.2, 0) is 10.0 Å². The Morgan fingerprint density at radius 3 is 2.50 bits per heavy atom. The number of hydrogen-bond donors (Lipinski definition) is 1. The Bertz CT molecular complexity index is 441. The topological polar surface area (TPSA) is 96.7 Å². The van der Waals surface area contributed by atoms with Crippen molar-refractivity contribution in [1.29, 1.82) is 5.53 Å². The van der Waals surface area contributed by atoms with Crippen molar-refractivity contribution in [2.45, 2.75) is 4.90 Å². The highest BCUT2D eigenvalue weighted by atomic mass is 32.2. The van der Waals surface area contributed by atoms with Gasteiger partial charge in [-0.25, -0.2) is 0 Å². The predicted molar refractivity (Wildman–Crippen MR) is 50.5 cm³/mol. The summed E-state index contributed by atoms with van der Waals surface area (Å²) in [6.45, 7) is 0. The summed E-state index contributed by atoms with van der Waals surface area (Å²) in [6, 6.07) is 5.58. The number of nitrogens with one attached hydrogen (secondary N) is 1. The number of nitrogens with zero attached hydrogens (tertiary/aromatic N) is 2. The molecular weight excluding hydrogens is 206 g/mol. The van der Waals surface area contributed by atoms with E-state index in [1.165, 1.54) is 31.3 Å². The molecule has 14 heavy (non-hydrogen) atoms. The minimum absolute atomic E-state index is 0.0245. The molecule has 0 atom stereocenters. The van der Waals surface area contributed by atoms with Gasteiger partial charge in [0.25, 0.3) is 0 Å². The molecule has 0 unspecified atom stereocenters. The van der Waals surface area contributed by atoms with E-state index in [0.29, 0.717) is 5.06 Å². The molecule has 0 aliphatic rings. The maximum atomic E-state index is 11.2. The Morgan fingerprint density at radius 2 is 2.00 bits per heavy atom. The second-order valence-corrected chi connectivity index (χ2v) is 4.10. The molecule has 0 spiro atoms. The summed E-state index contributed by atoms with van der Waals surface area (Å²) in [5, 5.41) is 11.4. The van der Waals surface area contributed by atoms with Gasteiger partial charge in [-0.05, 0) is 19.2 Å². The highest BCUT2D eigenvalue weighted by Gasteiger charge is 2.16. The second-order valence-electron chi connectivity index (χ2n) is 2.53. The number of sulfonamides is 1. The first-order valence-electron chi connectivity index (χ1n) is 3.62. The lowest BCUT2D eigenvalue weighted by molar-refractivity contribution is 0.594. The van der Waals surface area contributed by atoms with Gasteiger partial charge in [-0.15, -0.1) is 0 Å². The molecule has 0 aromatic heterocycles. The quantitative estimate of drug-likeness (QED) is 0.606. The van der Waals surface area contributed by atoms with Crippen LogP contribution in [0.2, 0.25) is 0 Å². The van der Waals surface area contributed by atoms with Crippen molar-refractivity contribution in [3.63, 3.8) is 0 Å². The molecular formula is C7H8N3O3S-. The summed E-state index contributed by atoms with van der Waals surface area (Å²) in [6.07, 6.45) is 0. The van der Waals surface area contributed by atoms with Crippen LogP contribution < -0.4 is 5.06 Å². The van der Waals surface area contributed by atoms with Crippen LogP contribution in [0.25, 0.3) is 0 Å². The molecule has 7 heteroatoms. The van der Waals surface area contributed by atoms with E-state index in [4.69, 9.17) is 5.53 Å². The van der Waals surface area contributed by atoms with Crippen molar-refractivity contribution in [2.75, 3.05) is 12.1 Å². The van der Waals surface area contributed by atoms with Gasteiger partial charge in [0.1, 0.15) is 4.90 Å². The SMILES string of the molecule is CN([O-])c1ccccc1S(=O)(=O)N=N. The van der Waals surface area contributed by atoms with E-state index in [9.17, 15) is 13.6 Å². The molecule has 0 bridgehead atoms. The van der Waals surface area contributed by atoms with Crippen LogP contribution in [0.15, 0.2) is 33.7 Å². The summed E-state index contributed by atoms with van der Waals surface area (Å²) < 4.78 is 24.9. The molecule has 0 saturated carbocycles. The summed E-state index contributed by atoms with van der Waals surface area (Å²) in [7, 11) is -2.84. The monoisotopic (exact) mass is 214 g/mol. The predicted octanol–water partition coefficient (Wildman–Crippen LogP) is 1.34. The number of para-hydroxylation sites is 1. The lowest BCUT2D eigenvalue weighted by atomic mass is 10.3. The molecule has 6 nitrogen and oxygen atoms in total. The van der Waals surface area contributed by atoms with E-state index in [2.05, 4.69) is 4.52 Å². The number of hydroxylamine groups is 1. The molecule has 0 saturated heterocycles. The lowest BCUT2D eigenvalue weighted by Gasteiger charge is -2.26. The third kappa shape index (κ3) is 1.88. The van der Waals surface area contributed by atoms with Gasteiger partial charge in [0, 0.05) is 5.69 Å². The van der Waals surface area contributed by atoms with Crippen molar-refractivity contribution in [2.24, 2.45) is 4.52 Å². The van der Waals surface area contributed by atoms with E-state index in [1.54, 1.807) is 0 Å². The van der Waals surface area contributed by atoms with Gasteiger partial charge in [0.2, 0.25) is 0 Å². The third-order valence-electron chi connectivity index (χ3n) is 1.60. The van der Waals surface area contributed by atoms with Crippen LogP contribution in [0.5, 0.6) is 0 Å². The fraction of sp³-hybridized carbons (Fsp3) is 0.143. The first kappa shape index (κ1) is 10.6. The Morgan fingerprint density at radius 1 is 1.43 bits per heavy atom. The molecule has 0 amide bonds. The van der Waals surface area contributed by atoms with E-state index in [0.717, 1.165) is 0 Å². The Labute approximate surface area is 81.3 Å². The Hall–Kier alpha value is -1.47. The fourth-order valence-electron chi connectivity index (χ4n) is 0.985. The molecule has 0 heterocycles. The average Bonchev–Trinajstić information content (AvgIpc) is 2.18. The summed E-state index contributed by atoms with van der Waals surface area (Å²) >= 11 is 0. The normalized spacial score (nSPS) is 11.0. The van der Waals surface area contributed by atoms with Crippen LogP contribution in [0.3, 0.4) is 0 Å². The van der Waals surface area contributed by atoms with Crippen LogP contribution >= 0.6 is 0 Å². The first-order chi connectivity index (χ1) is 6.49. The van der Waals surface area contributed by atoms with E-state index >= 15 is 0 Å². The largest absolute Gasteiger partial charge is 0.758 e. The zero-order chi connectivity index (χ0) is 10.8. The summed E-state index contributed by atoms with van der Waals surface area (Å²) in [4.78, 5) is -0.257. The van der Waals surface area contributed by atoms with Crippen LogP contribution in [-0.4, -0.2) is 15.5 Å². The standard InChI is InChI=1S/C7H8N3O3S/c1-10(11)6-4-2-3-5-7(6)14(12,13)9-8/h2-5,8H,1H3/q-1. The summed E-state index contributed by atoms with van der Waals surface area (Å²) in [5.41, 5.74) is 6.47. The molecule has 76 valence electrons. The minimum Gasteiger partial charge on any atom is -0.758 e. The van der Waals surface area contributed by atoms with Gasteiger partial charge in [0.05, 0.1) is 0 Å². The molecule has 1 rings (SSSR count). The maximum Gasteiger partial charge on any atom is 0.301 e. The van der Waals surface area contributed by atoms with Gasteiger partial charge < -0.3 is 10.3 Å². The fourth-order valence-corrected chi connectivity index (χ4v) is 1.79. The van der Waals surface area contributed by atoms with Crippen LogP contribution in [0.1, 0.15) is 0 Å². The van der Waals surface area contributed by atoms with Crippen molar-refractivity contribution in [1.82, 2.24) is 0 Å². The molecule has 1 N–H and O–H groups in total. The third-order valence-corrected chi connectivity index (χ3v) is 2.74. The molecule has 0 aliphatic carbocycles. The van der Waals surface area contributed by atoms with Gasteiger partial charge in [-0.3, -0.25) is 0 Å². The molecule has 1 aromatic rings. The molecule has 0 radical (unpaired) electrons. The van der Waals surface area contributed by atoms with Crippen molar-refractivity contribution >= 4 is 15.7 Å². The number of benzene rings is 1. The molecule has 0 fully saturated rings. The number of hydrogen-bond acceptors (Lipinski definition) is 5. The van der Waals surface area contributed by atoms with E-state index in [1.807, 2.05) is 0 Å². The van der Waals surface area contributed by atoms with Gasteiger partial charge in [-0.1, -0.05) is 16.7 Å². The van der Waals surface area contributed by atoms with Gasteiger partial charge in [-0.2, -0.15) is 13.9 Å². The van der Waals surface area contributed by atoms with E-state index < -0.39 is 10.0 Å². The Balaban J connectivity index is 3.42. The van der Waals surface area contributed by atoms with Crippen molar-refractivity contribution in [3.05, 3.63) is 29.5 Å². The number of rotatable bonds is 3. The molecule has 1 aromatic carbocycles. The maximum absolute atomic E-state index is 11.2. The summed E-state index contributed by atoms with van der Waals surface area (Å²) in [5.74, 6) is 0.